The van der Waals surface area contributed by atoms with Crippen LogP contribution in [-0.4, -0.2) is 38.9 Å². The third-order valence-electron chi connectivity index (χ3n) is 6.37. The van der Waals surface area contributed by atoms with Crippen LogP contribution in [0.4, 0.5) is 0 Å². The Morgan fingerprint density at radius 3 is 2.52 bits per heavy atom. The van der Waals surface area contributed by atoms with E-state index in [9.17, 15) is 0 Å². The number of ether oxygens (including phenoxy) is 1. The van der Waals surface area contributed by atoms with Crippen molar-refractivity contribution < 1.29 is 4.74 Å². The lowest BCUT2D eigenvalue weighted by molar-refractivity contribution is -0.0666. The van der Waals surface area contributed by atoms with Crippen molar-refractivity contribution in [1.82, 2.24) is 19.7 Å². The molecule has 1 aliphatic heterocycles. The average Bonchev–Trinajstić information content (AvgIpc) is 2.96. The van der Waals surface area contributed by atoms with Crippen molar-refractivity contribution >= 4 is 11.6 Å². The molecule has 144 valence electrons. The van der Waals surface area contributed by atoms with Gasteiger partial charge in [-0.1, -0.05) is 11.6 Å². The first-order chi connectivity index (χ1) is 13.2. The summed E-state index contributed by atoms with van der Waals surface area (Å²) in [4.78, 5) is 2.27. The Balaban J connectivity index is 1.40. The van der Waals surface area contributed by atoms with Crippen molar-refractivity contribution in [2.75, 3.05) is 7.05 Å². The Kier molecular flexibility index (Phi) is 4.70. The lowest BCUT2D eigenvalue weighted by Gasteiger charge is -2.34. The SMILES string of the molecule is CN1Cc2cc(Cl)ccc2-n2c(nnc2[C@H]2CC[C@H](OC3CCC3)CC2)C1. The molecule has 0 radical (unpaired) electrons. The molecule has 0 amide bonds. The highest BCUT2D eigenvalue weighted by atomic mass is 35.5. The number of aromatic nitrogens is 3. The van der Waals surface area contributed by atoms with Gasteiger partial charge in [0.25, 0.3) is 0 Å². The van der Waals surface area contributed by atoms with Crippen LogP contribution in [-0.2, 0) is 17.8 Å². The third kappa shape index (κ3) is 3.41. The zero-order valence-electron chi connectivity index (χ0n) is 15.9. The van der Waals surface area contributed by atoms with Crippen molar-refractivity contribution in [3.63, 3.8) is 0 Å². The van der Waals surface area contributed by atoms with Crippen molar-refractivity contribution in [2.24, 2.45) is 0 Å². The molecule has 0 N–H and O–H groups in total. The predicted molar refractivity (Wildman–Crippen MR) is 105 cm³/mol. The maximum absolute atomic E-state index is 6.27. The number of halogens is 1. The Labute approximate surface area is 165 Å². The predicted octanol–water partition coefficient (Wildman–Crippen LogP) is 4.46. The topological polar surface area (TPSA) is 43.2 Å². The van der Waals surface area contributed by atoms with Crippen LogP contribution in [0.1, 0.15) is 68.1 Å². The molecule has 6 heteroatoms. The summed E-state index contributed by atoms with van der Waals surface area (Å²) in [5.74, 6) is 2.60. The molecular formula is C21H27ClN4O. The van der Waals surface area contributed by atoms with E-state index in [2.05, 4.69) is 38.8 Å². The second-order valence-electron chi connectivity index (χ2n) is 8.42. The van der Waals surface area contributed by atoms with Crippen LogP contribution in [0, 0.1) is 0 Å². The molecule has 2 aromatic rings. The number of nitrogens with zero attached hydrogens (tertiary/aromatic N) is 4. The number of rotatable bonds is 3. The minimum atomic E-state index is 0.440. The fourth-order valence-corrected chi connectivity index (χ4v) is 4.88. The van der Waals surface area contributed by atoms with Crippen LogP contribution in [0.5, 0.6) is 0 Å². The first kappa shape index (κ1) is 17.7. The standard InChI is InChI=1S/C21H27ClN4O/c1-25-12-15-11-16(22)7-10-19(15)26-20(13-25)23-24-21(26)14-5-8-18(9-6-14)27-17-3-2-4-17/h7,10-11,14,17-18H,2-6,8-9,12-13H2,1H3/t14-,18-. The van der Waals surface area contributed by atoms with E-state index in [1.165, 1.54) is 30.5 Å². The molecule has 5 nitrogen and oxygen atoms in total. The maximum Gasteiger partial charge on any atom is 0.151 e. The van der Waals surface area contributed by atoms with Crippen molar-refractivity contribution in [3.8, 4) is 5.69 Å². The Morgan fingerprint density at radius 1 is 1.00 bits per heavy atom. The Morgan fingerprint density at radius 2 is 1.78 bits per heavy atom. The largest absolute Gasteiger partial charge is 0.375 e. The molecule has 2 heterocycles. The van der Waals surface area contributed by atoms with Gasteiger partial charge in [-0.15, -0.1) is 10.2 Å². The summed E-state index contributed by atoms with van der Waals surface area (Å²) in [7, 11) is 2.12. The van der Waals surface area contributed by atoms with Crippen LogP contribution < -0.4 is 0 Å². The normalized spacial score (nSPS) is 26.1. The summed E-state index contributed by atoms with van der Waals surface area (Å²) in [5, 5.41) is 9.99. The second-order valence-corrected chi connectivity index (χ2v) is 8.85. The maximum atomic E-state index is 6.27. The summed E-state index contributed by atoms with van der Waals surface area (Å²) in [6.45, 7) is 1.68. The van der Waals surface area contributed by atoms with Crippen LogP contribution in [0.2, 0.25) is 5.02 Å². The molecule has 0 spiro atoms. The first-order valence-electron chi connectivity index (χ1n) is 10.2. The van der Waals surface area contributed by atoms with Gasteiger partial charge in [-0.25, -0.2) is 0 Å². The molecule has 2 fully saturated rings. The minimum absolute atomic E-state index is 0.440. The molecule has 0 unspecified atom stereocenters. The van der Waals surface area contributed by atoms with Crippen LogP contribution >= 0.6 is 11.6 Å². The number of benzene rings is 1. The highest BCUT2D eigenvalue weighted by Crippen LogP contribution is 2.38. The molecule has 27 heavy (non-hydrogen) atoms. The van der Waals surface area contributed by atoms with Gasteiger partial charge in [0.15, 0.2) is 5.82 Å². The first-order valence-corrected chi connectivity index (χ1v) is 10.6. The molecule has 0 atom stereocenters. The van der Waals surface area contributed by atoms with Gasteiger partial charge in [-0.2, -0.15) is 0 Å². The van der Waals surface area contributed by atoms with E-state index in [0.29, 0.717) is 18.1 Å². The number of fused-ring (bicyclic) bond motifs is 3. The van der Waals surface area contributed by atoms with E-state index >= 15 is 0 Å². The smallest absolute Gasteiger partial charge is 0.151 e. The zero-order valence-corrected chi connectivity index (χ0v) is 16.7. The highest BCUT2D eigenvalue weighted by Gasteiger charge is 2.32. The molecule has 1 aromatic heterocycles. The van der Waals surface area contributed by atoms with E-state index in [0.717, 1.165) is 55.4 Å². The molecular weight excluding hydrogens is 360 g/mol. The highest BCUT2D eigenvalue weighted by molar-refractivity contribution is 6.30. The van der Waals surface area contributed by atoms with Crippen molar-refractivity contribution in [1.29, 1.82) is 0 Å². The van der Waals surface area contributed by atoms with Gasteiger partial charge < -0.3 is 4.74 Å². The Hall–Kier alpha value is -1.43. The summed E-state index contributed by atoms with van der Waals surface area (Å²) in [5.41, 5.74) is 2.43. The summed E-state index contributed by atoms with van der Waals surface area (Å²) >= 11 is 6.27. The molecule has 2 aliphatic carbocycles. The van der Waals surface area contributed by atoms with Crippen LogP contribution in [0.15, 0.2) is 18.2 Å². The van der Waals surface area contributed by atoms with Gasteiger partial charge in [0.05, 0.1) is 24.4 Å². The second kappa shape index (κ2) is 7.19. The van der Waals surface area contributed by atoms with Crippen molar-refractivity contribution in [2.45, 2.75) is 76.2 Å². The summed E-state index contributed by atoms with van der Waals surface area (Å²) in [6.07, 6.45) is 9.35. The van der Waals surface area contributed by atoms with E-state index < -0.39 is 0 Å². The van der Waals surface area contributed by atoms with E-state index in [-0.39, 0.29) is 0 Å². The molecule has 2 saturated carbocycles. The molecule has 1 aromatic carbocycles. The number of hydrogen-bond acceptors (Lipinski definition) is 4. The Bertz CT molecular complexity index is 824. The fraction of sp³-hybridized carbons (Fsp3) is 0.619. The lowest BCUT2D eigenvalue weighted by atomic mass is 9.86. The number of hydrogen-bond donors (Lipinski definition) is 0. The molecule has 0 bridgehead atoms. The molecule has 5 rings (SSSR count). The van der Waals surface area contributed by atoms with Gasteiger partial charge in [0.2, 0.25) is 0 Å². The monoisotopic (exact) mass is 386 g/mol. The summed E-state index contributed by atoms with van der Waals surface area (Å²) in [6, 6.07) is 6.18. The van der Waals surface area contributed by atoms with Gasteiger partial charge in [0.1, 0.15) is 5.82 Å². The van der Waals surface area contributed by atoms with Gasteiger partial charge in [-0.3, -0.25) is 9.47 Å². The molecule has 0 saturated heterocycles. The molecule has 3 aliphatic rings. The van der Waals surface area contributed by atoms with Crippen molar-refractivity contribution in [3.05, 3.63) is 40.4 Å². The van der Waals surface area contributed by atoms with Gasteiger partial charge in [0, 0.05) is 17.5 Å². The summed E-state index contributed by atoms with van der Waals surface area (Å²) < 4.78 is 8.54. The van der Waals surface area contributed by atoms with E-state index in [1.807, 2.05) is 6.07 Å². The van der Waals surface area contributed by atoms with Gasteiger partial charge in [-0.05, 0) is 75.8 Å². The third-order valence-corrected chi connectivity index (χ3v) is 6.60. The quantitative estimate of drug-likeness (QED) is 0.781. The van der Waals surface area contributed by atoms with Gasteiger partial charge >= 0.3 is 0 Å². The lowest BCUT2D eigenvalue weighted by Crippen LogP contribution is -2.30. The van der Waals surface area contributed by atoms with E-state index in [1.54, 1.807) is 0 Å². The minimum Gasteiger partial charge on any atom is -0.375 e. The van der Waals surface area contributed by atoms with E-state index in [4.69, 9.17) is 16.3 Å². The zero-order chi connectivity index (χ0) is 18.4. The van der Waals surface area contributed by atoms with Crippen LogP contribution in [0.3, 0.4) is 0 Å². The fourth-order valence-electron chi connectivity index (χ4n) is 4.68. The average molecular weight is 387 g/mol. The van der Waals surface area contributed by atoms with Crippen LogP contribution in [0.25, 0.3) is 5.69 Å².